The first-order valence-electron chi connectivity index (χ1n) is 6.10. The molecule has 0 fully saturated rings. The van der Waals surface area contributed by atoms with Gasteiger partial charge < -0.3 is 10.1 Å². The average Bonchev–Trinajstić information content (AvgIpc) is 2.95. The van der Waals surface area contributed by atoms with Crippen molar-refractivity contribution in [2.24, 2.45) is 0 Å². The molecule has 2 rings (SSSR count). The van der Waals surface area contributed by atoms with Crippen LogP contribution in [0.5, 0.6) is 5.75 Å². The lowest BCUT2D eigenvalue weighted by atomic mass is 10.0. The highest BCUT2D eigenvalue weighted by atomic mass is 35.5. The smallest absolute Gasteiger partial charge is 0.137 e. The minimum atomic E-state index is 0.0184. The molecule has 6 heteroatoms. The Bertz CT molecular complexity index is 519. The molecule has 1 aromatic heterocycles. The van der Waals surface area contributed by atoms with Crippen LogP contribution in [0.1, 0.15) is 30.6 Å². The predicted octanol–water partition coefficient (Wildman–Crippen LogP) is 3.29. The van der Waals surface area contributed by atoms with Crippen LogP contribution in [0.2, 0.25) is 5.02 Å². The maximum absolute atomic E-state index is 6.06. The van der Waals surface area contributed by atoms with E-state index < -0.39 is 0 Å². The van der Waals surface area contributed by atoms with Gasteiger partial charge in [-0.05, 0) is 42.2 Å². The van der Waals surface area contributed by atoms with Gasteiger partial charge in [0.2, 0.25) is 0 Å². The van der Waals surface area contributed by atoms with Gasteiger partial charge >= 0.3 is 0 Å². The minimum Gasteiger partial charge on any atom is -0.495 e. The van der Waals surface area contributed by atoms with Crippen LogP contribution >= 0.6 is 23.1 Å². The molecule has 0 aliphatic carbocycles. The van der Waals surface area contributed by atoms with Crippen molar-refractivity contribution in [1.82, 2.24) is 14.9 Å². The summed E-state index contributed by atoms with van der Waals surface area (Å²) in [5, 5.41) is 10.2. The van der Waals surface area contributed by atoms with E-state index in [1.54, 1.807) is 7.11 Å². The lowest BCUT2D eigenvalue weighted by molar-refractivity contribution is 0.413. The summed E-state index contributed by atoms with van der Waals surface area (Å²) in [7, 11) is 1.61. The summed E-state index contributed by atoms with van der Waals surface area (Å²) in [4.78, 5) is 0. The number of nitrogens with zero attached hydrogens (tertiary/aromatic N) is 2. The summed E-state index contributed by atoms with van der Waals surface area (Å²) in [5.41, 5.74) is 1.99. The molecule has 1 aromatic carbocycles. The molecular formula is C13H16ClN3OS. The molecule has 102 valence electrons. The number of halogens is 1. The Kier molecular flexibility index (Phi) is 5.13. The first-order valence-corrected chi connectivity index (χ1v) is 7.31. The summed E-state index contributed by atoms with van der Waals surface area (Å²) >= 11 is 7.41. The highest BCUT2D eigenvalue weighted by Gasteiger charge is 2.17. The van der Waals surface area contributed by atoms with Crippen molar-refractivity contribution >= 4 is 23.1 Å². The van der Waals surface area contributed by atoms with E-state index in [1.807, 2.05) is 23.6 Å². The van der Waals surface area contributed by atoms with Crippen molar-refractivity contribution in [3.63, 3.8) is 0 Å². The Morgan fingerprint density at radius 2 is 2.32 bits per heavy atom. The third-order valence-corrected chi connectivity index (χ3v) is 3.61. The van der Waals surface area contributed by atoms with E-state index in [4.69, 9.17) is 16.3 Å². The van der Waals surface area contributed by atoms with E-state index >= 15 is 0 Å². The molecule has 2 aromatic rings. The molecule has 1 N–H and O–H groups in total. The largest absolute Gasteiger partial charge is 0.495 e. The van der Waals surface area contributed by atoms with Crippen LogP contribution < -0.4 is 10.1 Å². The number of nitrogens with one attached hydrogen (secondary N) is 1. The van der Waals surface area contributed by atoms with Crippen LogP contribution in [0.3, 0.4) is 0 Å². The fourth-order valence-electron chi connectivity index (χ4n) is 1.84. The van der Waals surface area contributed by atoms with Gasteiger partial charge in [0, 0.05) is 5.38 Å². The van der Waals surface area contributed by atoms with Crippen LogP contribution in [0.25, 0.3) is 0 Å². The van der Waals surface area contributed by atoms with Crippen LogP contribution in [0.4, 0.5) is 0 Å². The summed E-state index contributed by atoms with van der Waals surface area (Å²) in [6.07, 6.45) is 1.05. The molecule has 1 unspecified atom stereocenters. The zero-order valence-electron chi connectivity index (χ0n) is 10.9. The molecule has 0 saturated heterocycles. The van der Waals surface area contributed by atoms with E-state index in [2.05, 4.69) is 21.8 Å². The number of rotatable bonds is 6. The minimum absolute atomic E-state index is 0.0184. The monoisotopic (exact) mass is 297 g/mol. The second-order valence-corrected chi connectivity index (χ2v) is 5.13. The molecule has 0 spiro atoms. The standard InChI is InChI=1S/C13H16ClN3OS/c1-3-6-15-13(11-8-19-17-16-11)9-4-5-10(14)12(7-9)18-2/h4-5,7-8,13,15H,3,6H2,1-2H3. The summed E-state index contributed by atoms with van der Waals surface area (Å²) in [5.74, 6) is 0.672. The van der Waals surface area contributed by atoms with E-state index in [9.17, 15) is 0 Å². The Morgan fingerprint density at radius 3 is 2.95 bits per heavy atom. The second-order valence-electron chi connectivity index (χ2n) is 4.11. The van der Waals surface area contributed by atoms with Gasteiger partial charge in [0.1, 0.15) is 5.75 Å². The Morgan fingerprint density at radius 1 is 1.47 bits per heavy atom. The quantitative estimate of drug-likeness (QED) is 0.889. The molecule has 0 aliphatic heterocycles. The number of benzene rings is 1. The van der Waals surface area contributed by atoms with Crippen molar-refractivity contribution in [3.05, 3.63) is 39.9 Å². The van der Waals surface area contributed by atoms with Gasteiger partial charge in [-0.2, -0.15) is 0 Å². The van der Waals surface area contributed by atoms with Gasteiger partial charge in [-0.25, -0.2) is 0 Å². The highest BCUT2D eigenvalue weighted by molar-refractivity contribution is 7.03. The van der Waals surface area contributed by atoms with Gasteiger partial charge in [-0.15, -0.1) is 5.10 Å². The van der Waals surface area contributed by atoms with Crippen molar-refractivity contribution in [2.45, 2.75) is 19.4 Å². The highest BCUT2D eigenvalue weighted by Crippen LogP contribution is 2.30. The van der Waals surface area contributed by atoms with E-state index in [-0.39, 0.29) is 6.04 Å². The van der Waals surface area contributed by atoms with Gasteiger partial charge in [-0.3, -0.25) is 0 Å². The van der Waals surface area contributed by atoms with Crippen molar-refractivity contribution in [2.75, 3.05) is 13.7 Å². The topological polar surface area (TPSA) is 47.0 Å². The van der Waals surface area contributed by atoms with E-state index in [0.717, 1.165) is 24.2 Å². The molecule has 0 amide bonds. The Labute approximate surface area is 121 Å². The number of ether oxygens (including phenoxy) is 1. The fraction of sp³-hybridized carbons (Fsp3) is 0.385. The Balaban J connectivity index is 2.32. The number of aromatic nitrogens is 2. The molecule has 4 nitrogen and oxygen atoms in total. The molecule has 0 bridgehead atoms. The number of hydrogen-bond acceptors (Lipinski definition) is 5. The van der Waals surface area contributed by atoms with Crippen molar-refractivity contribution in [3.8, 4) is 5.75 Å². The van der Waals surface area contributed by atoms with Gasteiger partial charge in [-0.1, -0.05) is 29.1 Å². The van der Waals surface area contributed by atoms with Crippen LogP contribution in [0, 0.1) is 0 Å². The summed E-state index contributed by atoms with van der Waals surface area (Å²) in [6.45, 7) is 3.04. The Hall–Kier alpha value is -1.17. The normalized spacial score (nSPS) is 12.4. The molecule has 0 saturated carbocycles. The van der Waals surface area contributed by atoms with Crippen LogP contribution in [-0.2, 0) is 0 Å². The summed E-state index contributed by atoms with van der Waals surface area (Å²) in [6, 6.07) is 5.78. The van der Waals surface area contributed by atoms with Gasteiger partial charge in [0.25, 0.3) is 0 Å². The molecule has 0 radical (unpaired) electrons. The van der Waals surface area contributed by atoms with Gasteiger partial charge in [0.15, 0.2) is 0 Å². The lowest BCUT2D eigenvalue weighted by Gasteiger charge is -2.17. The molecule has 1 heterocycles. The number of hydrogen-bond donors (Lipinski definition) is 1. The van der Waals surface area contributed by atoms with E-state index in [0.29, 0.717) is 10.8 Å². The molecule has 0 aliphatic rings. The fourth-order valence-corrected chi connectivity index (χ4v) is 2.51. The zero-order valence-corrected chi connectivity index (χ0v) is 12.5. The average molecular weight is 298 g/mol. The number of methoxy groups -OCH3 is 1. The van der Waals surface area contributed by atoms with Gasteiger partial charge in [0.05, 0.1) is 23.9 Å². The maximum Gasteiger partial charge on any atom is 0.137 e. The van der Waals surface area contributed by atoms with E-state index in [1.165, 1.54) is 11.5 Å². The van der Waals surface area contributed by atoms with Crippen LogP contribution in [0.15, 0.2) is 23.6 Å². The summed E-state index contributed by atoms with van der Waals surface area (Å²) < 4.78 is 9.20. The first-order chi connectivity index (χ1) is 9.26. The molecule has 19 heavy (non-hydrogen) atoms. The second kappa shape index (κ2) is 6.84. The first kappa shape index (κ1) is 14.2. The molecule has 1 atom stereocenters. The zero-order chi connectivity index (χ0) is 13.7. The predicted molar refractivity (Wildman–Crippen MR) is 78.0 cm³/mol. The SMILES string of the molecule is CCCNC(c1ccc(Cl)c(OC)c1)c1csnn1. The van der Waals surface area contributed by atoms with Crippen LogP contribution in [-0.4, -0.2) is 23.2 Å². The maximum atomic E-state index is 6.06. The lowest BCUT2D eigenvalue weighted by Crippen LogP contribution is -2.23. The molecular weight excluding hydrogens is 282 g/mol. The third-order valence-electron chi connectivity index (χ3n) is 2.78. The van der Waals surface area contributed by atoms with Crippen molar-refractivity contribution in [1.29, 1.82) is 0 Å². The van der Waals surface area contributed by atoms with Crippen molar-refractivity contribution < 1.29 is 4.74 Å². The third kappa shape index (κ3) is 3.43.